The molecule has 29 heavy (non-hydrogen) atoms. The first-order valence-corrected chi connectivity index (χ1v) is 10.6. The summed E-state index contributed by atoms with van der Waals surface area (Å²) in [5, 5.41) is 8.47. The smallest absolute Gasteiger partial charge is 0.161 e. The minimum absolute atomic E-state index is 0.549. The summed E-state index contributed by atoms with van der Waals surface area (Å²) in [6.07, 6.45) is 5.37. The summed E-state index contributed by atoms with van der Waals surface area (Å²) in [6, 6.07) is 6.69. The number of hydrogen-bond donors (Lipinski definition) is 1. The van der Waals surface area contributed by atoms with Crippen molar-refractivity contribution in [3.63, 3.8) is 0 Å². The molecule has 0 bridgehead atoms. The maximum Gasteiger partial charge on any atom is 0.161 e. The van der Waals surface area contributed by atoms with Gasteiger partial charge in [0.1, 0.15) is 0 Å². The number of piperidine rings is 1. The van der Waals surface area contributed by atoms with Crippen molar-refractivity contribution in [1.82, 2.24) is 20.0 Å². The lowest BCUT2D eigenvalue weighted by Crippen LogP contribution is -2.42. The Balaban J connectivity index is 1.42. The Morgan fingerprint density at radius 2 is 1.97 bits per heavy atom. The van der Waals surface area contributed by atoms with Crippen molar-refractivity contribution in [3.8, 4) is 22.8 Å². The largest absolute Gasteiger partial charge is 0.490 e. The topological polar surface area (TPSA) is 51.6 Å². The van der Waals surface area contributed by atoms with Crippen molar-refractivity contribution in [3.05, 3.63) is 42.1 Å². The van der Waals surface area contributed by atoms with Gasteiger partial charge in [0.2, 0.25) is 0 Å². The van der Waals surface area contributed by atoms with Gasteiger partial charge in [0.25, 0.3) is 0 Å². The zero-order valence-electron chi connectivity index (χ0n) is 17.6. The van der Waals surface area contributed by atoms with E-state index in [-0.39, 0.29) is 0 Å². The predicted molar refractivity (Wildman–Crippen MR) is 115 cm³/mol. The van der Waals surface area contributed by atoms with Crippen LogP contribution in [0.1, 0.15) is 31.7 Å². The third-order valence-electron chi connectivity index (χ3n) is 5.59. The molecule has 1 aromatic heterocycles. The fourth-order valence-corrected chi connectivity index (χ4v) is 4.15. The van der Waals surface area contributed by atoms with Crippen molar-refractivity contribution in [2.45, 2.75) is 38.8 Å². The van der Waals surface area contributed by atoms with Crippen molar-refractivity contribution in [1.29, 1.82) is 0 Å². The van der Waals surface area contributed by atoms with E-state index < -0.39 is 0 Å². The molecule has 2 aliphatic heterocycles. The summed E-state index contributed by atoms with van der Waals surface area (Å²) < 4.78 is 13.5. The average molecular weight is 397 g/mol. The van der Waals surface area contributed by atoms with E-state index in [9.17, 15) is 0 Å². The van der Waals surface area contributed by atoms with Gasteiger partial charge in [-0.25, -0.2) is 0 Å². The highest BCUT2D eigenvalue weighted by Crippen LogP contribution is 2.34. The highest BCUT2D eigenvalue weighted by atomic mass is 16.5. The van der Waals surface area contributed by atoms with Gasteiger partial charge in [0.05, 0.1) is 18.9 Å². The molecule has 0 radical (unpaired) electrons. The zero-order chi connectivity index (χ0) is 20.2. The first-order valence-electron chi connectivity index (χ1n) is 10.6. The van der Waals surface area contributed by atoms with E-state index in [2.05, 4.69) is 42.0 Å². The van der Waals surface area contributed by atoms with Crippen LogP contribution in [0.15, 0.2) is 36.5 Å². The molecule has 1 saturated heterocycles. The van der Waals surface area contributed by atoms with E-state index in [0.717, 1.165) is 55.4 Å². The zero-order valence-corrected chi connectivity index (χ0v) is 17.6. The van der Waals surface area contributed by atoms with Crippen LogP contribution in [0.4, 0.5) is 0 Å². The van der Waals surface area contributed by atoms with Crippen LogP contribution in [0.5, 0.6) is 11.5 Å². The number of nitrogens with zero attached hydrogens (tertiary/aromatic N) is 3. The summed E-state index contributed by atoms with van der Waals surface area (Å²) in [4.78, 5) is 2.49. The minimum Gasteiger partial charge on any atom is -0.490 e. The van der Waals surface area contributed by atoms with Crippen molar-refractivity contribution in [2.24, 2.45) is 7.05 Å². The molecule has 156 valence electrons. The number of ether oxygens (including phenoxy) is 2. The van der Waals surface area contributed by atoms with Gasteiger partial charge in [-0.1, -0.05) is 12.2 Å². The molecular weight excluding hydrogens is 364 g/mol. The lowest BCUT2D eigenvalue weighted by Gasteiger charge is -2.32. The summed E-state index contributed by atoms with van der Waals surface area (Å²) in [6.45, 7) is 11.6. The molecule has 0 atom stereocenters. The maximum absolute atomic E-state index is 5.86. The molecule has 6 heteroatoms. The van der Waals surface area contributed by atoms with E-state index >= 15 is 0 Å². The van der Waals surface area contributed by atoms with E-state index in [1.807, 2.05) is 17.8 Å². The van der Waals surface area contributed by atoms with E-state index in [4.69, 9.17) is 14.6 Å². The van der Waals surface area contributed by atoms with Crippen molar-refractivity contribution in [2.75, 3.05) is 32.8 Å². The SMILES string of the molecule is C=C(C)CN1CCC(NCc2cn(C)nc2-c2ccc3c(c2)OCCCO3)CC1. The molecule has 1 N–H and O–H groups in total. The molecule has 1 fully saturated rings. The van der Waals surface area contributed by atoms with Crippen LogP contribution < -0.4 is 14.8 Å². The molecule has 0 unspecified atom stereocenters. The Labute approximate surface area is 173 Å². The van der Waals surface area contributed by atoms with Crippen LogP contribution >= 0.6 is 0 Å². The lowest BCUT2D eigenvalue weighted by molar-refractivity contribution is 0.211. The van der Waals surface area contributed by atoms with Crippen LogP contribution in [0.2, 0.25) is 0 Å². The highest BCUT2D eigenvalue weighted by molar-refractivity contribution is 5.66. The molecule has 0 saturated carbocycles. The van der Waals surface area contributed by atoms with Crippen LogP contribution in [-0.4, -0.2) is 53.6 Å². The van der Waals surface area contributed by atoms with Gasteiger partial charge in [-0.2, -0.15) is 5.10 Å². The van der Waals surface area contributed by atoms with Crippen molar-refractivity contribution >= 4 is 0 Å². The van der Waals surface area contributed by atoms with Gasteiger partial charge in [-0.05, 0) is 51.1 Å². The number of fused-ring (bicyclic) bond motifs is 1. The fourth-order valence-electron chi connectivity index (χ4n) is 4.15. The Morgan fingerprint density at radius 1 is 1.21 bits per heavy atom. The molecule has 3 heterocycles. The Bertz CT molecular complexity index is 853. The third kappa shape index (κ3) is 5.00. The van der Waals surface area contributed by atoms with Gasteiger partial charge < -0.3 is 14.8 Å². The number of rotatable bonds is 6. The summed E-state index contributed by atoms with van der Waals surface area (Å²) in [5.41, 5.74) is 4.54. The van der Waals surface area contributed by atoms with Crippen LogP contribution in [0.25, 0.3) is 11.3 Å². The van der Waals surface area contributed by atoms with Gasteiger partial charge in [0, 0.05) is 49.9 Å². The summed E-state index contributed by atoms with van der Waals surface area (Å²) in [7, 11) is 1.98. The highest BCUT2D eigenvalue weighted by Gasteiger charge is 2.20. The number of nitrogens with one attached hydrogen (secondary N) is 1. The molecular formula is C23H32N4O2. The first-order chi connectivity index (χ1) is 14.1. The van der Waals surface area contributed by atoms with Crippen LogP contribution in [0, 0.1) is 0 Å². The predicted octanol–water partition coefficient (Wildman–Crippen LogP) is 3.38. The molecule has 0 spiro atoms. The minimum atomic E-state index is 0.549. The van der Waals surface area contributed by atoms with Gasteiger partial charge >= 0.3 is 0 Å². The molecule has 2 aromatic rings. The number of likely N-dealkylation sites (tertiary alicyclic amines) is 1. The number of aromatic nitrogens is 2. The molecule has 0 amide bonds. The second kappa shape index (κ2) is 9.01. The second-order valence-electron chi connectivity index (χ2n) is 8.28. The average Bonchev–Trinajstić information content (AvgIpc) is 2.92. The quantitative estimate of drug-likeness (QED) is 0.759. The third-order valence-corrected chi connectivity index (χ3v) is 5.59. The van der Waals surface area contributed by atoms with E-state index in [0.29, 0.717) is 19.3 Å². The Hall–Kier alpha value is -2.31. The van der Waals surface area contributed by atoms with E-state index in [1.54, 1.807) is 0 Å². The summed E-state index contributed by atoms with van der Waals surface area (Å²) in [5.74, 6) is 1.64. The molecule has 0 aliphatic carbocycles. The second-order valence-corrected chi connectivity index (χ2v) is 8.28. The Kier molecular flexibility index (Phi) is 6.21. The number of benzene rings is 1. The molecule has 1 aromatic carbocycles. The van der Waals surface area contributed by atoms with Gasteiger partial charge in [-0.15, -0.1) is 0 Å². The van der Waals surface area contributed by atoms with Crippen molar-refractivity contribution < 1.29 is 9.47 Å². The standard InChI is InChI=1S/C23H32N4O2/c1-17(2)15-27-9-7-20(8-10-27)24-14-19-16-26(3)25-23(19)18-5-6-21-22(13-18)29-12-4-11-28-21/h5-6,13,16,20,24H,1,4,7-12,14-15H2,2-3H3. The van der Waals surface area contributed by atoms with Crippen LogP contribution in [-0.2, 0) is 13.6 Å². The van der Waals surface area contributed by atoms with Gasteiger partial charge in [-0.3, -0.25) is 9.58 Å². The van der Waals surface area contributed by atoms with E-state index in [1.165, 1.54) is 24.0 Å². The number of hydrogen-bond acceptors (Lipinski definition) is 5. The number of aryl methyl sites for hydroxylation is 1. The summed E-state index contributed by atoms with van der Waals surface area (Å²) >= 11 is 0. The maximum atomic E-state index is 5.86. The first kappa shape index (κ1) is 20.0. The molecule has 6 nitrogen and oxygen atoms in total. The monoisotopic (exact) mass is 396 g/mol. The van der Waals surface area contributed by atoms with Gasteiger partial charge in [0.15, 0.2) is 11.5 Å². The van der Waals surface area contributed by atoms with Crippen LogP contribution in [0.3, 0.4) is 0 Å². The lowest BCUT2D eigenvalue weighted by atomic mass is 10.0. The normalized spacial score (nSPS) is 17.9. The Morgan fingerprint density at radius 3 is 2.72 bits per heavy atom. The molecule has 4 rings (SSSR count). The fraction of sp³-hybridized carbons (Fsp3) is 0.522. The molecule has 2 aliphatic rings.